The van der Waals surface area contributed by atoms with E-state index in [2.05, 4.69) is 5.32 Å². The number of benzene rings is 1. The number of amides is 1. The lowest BCUT2D eigenvalue weighted by Crippen LogP contribution is -2.23. The molecule has 0 fully saturated rings. The summed E-state index contributed by atoms with van der Waals surface area (Å²) in [6, 6.07) is 4.52. The van der Waals surface area contributed by atoms with Crippen molar-refractivity contribution >= 4 is 11.9 Å². The summed E-state index contributed by atoms with van der Waals surface area (Å²) in [7, 11) is 2.94. The smallest absolute Gasteiger partial charge is 0.344 e. The average Bonchev–Trinajstić information content (AvgIpc) is 2.37. The van der Waals surface area contributed by atoms with Gasteiger partial charge in [0.25, 0.3) is 5.91 Å². The van der Waals surface area contributed by atoms with Crippen LogP contribution in [-0.2, 0) is 4.79 Å². The number of hydrogen-bond acceptors (Lipinski definition) is 4. The van der Waals surface area contributed by atoms with Gasteiger partial charge in [-0.1, -0.05) is 0 Å². The zero-order valence-corrected chi connectivity index (χ0v) is 10.4. The lowest BCUT2D eigenvalue weighted by Gasteiger charge is -2.14. The number of carbonyl (C=O) groups excluding carboxylic acids is 1. The van der Waals surface area contributed by atoms with Crippen LogP contribution < -0.4 is 14.8 Å². The Morgan fingerprint density at radius 3 is 2.50 bits per heavy atom. The Bertz CT molecular complexity index is 458. The maximum absolute atomic E-state index is 11.4. The van der Waals surface area contributed by atoms with Gasteiger partial charge in [-0.3, -0.25) is 4.79 Å². The van der Waals surface area contributed by atoms with Crippen LogP contribution in [0.4, 0.5) is 0 Å². The van der Waals surface area contributed by atoms with Crippen LogP contribution in [0.2, 0.25) is 0 Å². The molecule has 1 rings (SSSR count). The third-order valence-electron chi connectivity index (χ3n) is 2.30. The minimum atomic E-state index is -1.08. The number of nitrogens with one attached hydrogen (secondary N) is 1. The molecular weight excluding hydrogens is 238 g/mol. The van der Waals surface area contributed by atoms with E-state index in [0.29, 0.717) is 11.3 Å². The third kappa shape index (κ3) is 3.13. The van der Waals surface area contributed by atoms with E-state index >= 15 is 0 Å². The molecule has 0 heterocycles. The van der Waals surface area contributed by atoms with Gasteiger partial charge in [-0.2, -0.15) is 0 Å². The number of aliphatic carboxylic acids is 1. The SMILES string of the molecule is CNC(=O)c1ccc(OC(C)C(=O)O)c(OC)c1. The number of carboxylic acid groups (broad SMARTS) is 1. The number of carboxylic acids is 1. The van der Waals surface area contributed by atoms with Crippen LogP contribution in [0.25, 0.3) is 0 Å². The van der Waals surface area contributed by atoms with Crippen LogP contribution in [0.3, 0.4) is 0 Å². The van der Waals surface area contributed by atoms with Crippen LogP contribution in [0.15, 0.2) is 18.2 Å². The molecule has 1 atom stereocenters. The van der Waals surface area contributed by atoms with Crippen molar-refractivity contribution in [1.29, 1.82) is 0 Å². The average molecular weight is 253 g/mol. The van der Waals surface area contributed by atoms with Crippen molar-refractivity contribution in [1.82, 2.24) is 5.32 Å². The number of methoxy groups -OCH3 is 1. The highest BCUT2D eigenvalue weighted by molar-refractivity contribution is 5.94. The van der Waals surface area contributed by atoms with Crippen molar-refractivity contribution in [3.8, 4) is 11.5 Å². The maximum Gasteiger partial charge on any atom is 0.344 e. The van der Waals surface area contributed by atoms with Crippen molar-refractivity contribution in [2.45, 2.75) is 13.0 Å². The Morgan fingerprint density at radius 2 is 2.00 bits per heavy atom. The Morgan fingerprint density at radius 1 is 1.33 bits per heavy atom. The Balaban J connectivity index is 3.00. The molecule has 0 spiro atoms. The van der Waals surface area contributed by atoms with E-state index in [1.54, 1.807) is 0 Å². The van der Waals surface area contributed by atoms with Crippen molar-refractivity contribution in [3.63, 3.8) is 0 Å². The van der Waals surface area contributed by atoms with Gasteiger partial charge in [0.1, 0.15) is 0 Å². The zero-order chi connectivity index (χ0) is 13.7. The molecule has 0 aliphatic rings. The molecule has 0 saturated carbocycles. The first kappa shape index (κ1) is 13.8. The molecule has 0 bridgehead atoms. The molecule has 0 saturated heterocycles. The van der Waals surface area contributed by atoms with Gasteiger partial charge in [0, 0.05) is 12.6 Å². The van der Waals surface area contributed by atoms with E-state index < -0.39 is 12.1 Å². The number of ether oxygens (including phenoxy) is 2. The second kappa shape index (κ2) is 5.90. The topological polar surface area (TPSA) is 84.9 Å². The van der Waals surface area contributed by atoms with E-state index in [4.69, 9.17) is 14.6 Å². The quantitative estimate of drug-likeness (QED) is 0.814. The van der Waals surface area contributed by atoms with Crippen molar-refractivity contribution in [3.05, 3.63) is 23.8 Å². The van der Waals surface area contributed by atoms with E-state index in [1.807, 2.05) is 0 Å². The molecule has 0 aliphatic heterocycles. The third-order valence-corrected chi connectivity index (χ3v) is 2.30. The second-order valence-corrected chi connectivity index (χ2v) is 3.54. The highest BCUT2D eigenvalue weighted by Crippen LogP contribution is 2.28. The monoisotopic (exact) mass is 253 g/mol. The minimum absolute atomic E-state index is 0.258. The van der Waals surface area contributed by atoms with Gasteiger partial charge in [-0.05, 0) is 25.1 Å². The predicted octanol–water partition coefficient (Wildman–Crippen LogP) is 0.907. The fourth-order valence-electron chi connectivity index (χ4n) is 1.29. The van der Waals surface area contributed by atoms with Gasteiger partial charge in [0.05, 0.1) is 7.11 Å². The number of hydrogen-bond donors (Lipinski definition) is 2. The molecule has 2 N–H and O–H groups in total. The summed E-state index contributed by atoms with van der Waals surface area (Å²) in [4.78, 5) is 22.1. The molecule has 6 heteroatoms. The summed E-state index contributed by atoms with van der Waals surface area (Å²) in [6.45, 7) is 1.41. The van der Waals surface area contributed by atoms with E-state index in [1.165, 1.54) is 39.3 Å². The molecule has 0 aliphatic carbocycles. The summed E-state index contributed by atoms with van der Waals surface area (Å²) >= 11 is 0. The lowest BCUT2D eigenvalue weighted by molar-refractivity contribution is -0.144. The summed E-state index contributed by atoms with van der Waals surface area (Å²) < 4.78 is 10.3. The highest BCUT2D eigenvalue weighted by Gasteiger charge is 2.16. The van der Waals surface area contributed by atoms with Crippen LogP contribution in [0, 0.1) is 0 Å². The molecular formula is C12H15NO5. The Hall–Kier alpha value is -2.24. The lowest BCUT2D eigenvalue weighted by atomic mass is 10.2. The van der Waals surface area contributed by atoms with Crippen LogP contribution >= 0.6 is 0 Å². The predicted molar refractivity (Wildman–Crippen MR) is 64.1 cm³/mol. The van der Waals surface area contributed by atoms with Gasteiger partial charge in [0.15, 0.2) is 17.6 Å². The molecule has 1 aromatic rings. The molecule has 18 heavy (non-hydrogen) atoms. The normalized spacial score (nSPS) is 11.5. The first-order valence-corrected chi connectivity index (χ1v) is 5.29. The first-order chi connectivity index (χ1) is 8.49. The second-order valence-electron chi connectivity index (χ2n) is 3.54. The van der Waals surface area contributed by atoms with E-state index in [9.17, 15) is 9.59 Å². The van der Waals surface area contributed by atoms with Gasteiger partial charge in [-0.25, -0.2) is 4.79 Å². The summed E-state index contributed by atoms with van der Waals surface area (Å²) in [6.07, 6.45) is -0.996. The van der Waals surface area contributed by atoms with Crippen LogP contribution in [0.1, 0.15) is 17.3 Å². The number of rotatable bonds is 5. The van der Waals surface area contributed by atoms with Crippen molar-refractivity contribution in [2.75, 3.05) is 14.2 Å². The summed E-state index contributed by atoms with van der Waals surface area (Å²) in [5, 5.41) is 11.2. The van der Waals surface area contributed by atoms with Gasteiger partial charge >= 0.3 is 5.97 Å². The van der Waals surface area contributed by atoms with Gasteiger partial charge in [0.2, 0.25) is 0 Å². The van der Waals surface area contributed by atoms with E-state index in [-0.39, 0.29) is 11.7 Å². The summed E-state index contributed by atoms with van der Waals surface area (Å²) in [5.41, 5.74) is 0.407. The molecule has 0 aromatic heterocycles. The molecule has 1 amide bonds. The van der Waals surface area contributed by atoms with Crippen molar-refractivity contribution < 1.29 is 24.2 Å². The maximum atomic E-state index is 11.4. The van der Waals surface area contributed by atoms with Gasteiger partial charge in [-0.15, -0.1) is 0 Å². The fraction of sp³-hybridized carbons (Fsp3) is 0.333. The van der Waals surface area contributed by atoms with Crippen molar-refractivity contribution in [2.24, 2.45) is 0 Å². The minimum Gasteiger partial charge on any atom is -0.493 e. The highest BCUT2D eigenvalue weighted by atomic mass is 16.5. The fourth-order valence-corrected chi connectivity index (χ4v) is 1.29. The molecule has 1 unspecified atom stereocenters. The van der Waals surface area contributed by atoms with Crippen LogP contribution in [0.5, 0.6) is 11.5 Å². The van der Waals surface area contributed by atoms with E-state index in [0.717, 1.165) is 0 Å². The standard InChI is InChI=1S/C12H15NO5/c1-7(12(15)16)18-9-5-4-8(11(14)13-2)6-10(9)17-3/h4-7H,1-3H3,(H,13,14)(H,15,16). The van der Waals surface area contributed by atoms with Crippen LogP contribution in [-0.4, -0.2) is 37.2 Å². The largest absolute Gasteiger partial charge is 0.493 e. The first-order valence-electron chi connectivity index (χ1n) is 5.29. The molecule has 98 valence electrons. The molecule has 1 aromatic carbocycles. The van der Waals surface area contributed by atoms with Gasteiger partial charge < -0.3 is 19.9 Å². The Labute approximate surface area is 105 Å². The summed E-state index contributed by atoms with van der Waals surface area (Å²) in [5.74, 6) is -0.747. The Kier molecular flexibility index (Phi) is 4.53. The molecule has 6 nitrogen and oxygen atoms in total. The zero-order valence-electron chi connectivity index (χ0n) is 10.4. The number of carbonyl (C=O) groups is 2. The molecule has 0 radical (unpaired) electrons.